The quantitative estimate of drug-likeness (QED) is 0.166. The van der Waals surface area contributed by atoms with Crippen LogP contribution in [0.15, 0.2) is 83.0 Å². The molecule has 0 aliphatic heterocycles. The van der Waals surface area contributed by atoms with Gasteiger partial charge in [0.05, 0.1) is 0 Å². The zero-order valence-electron chi connectivity index (χ0n) is 26.2. The van der Waals surface area contributed by atoms with Crippen molar-refractivity contribution in [3.63, 3.8) is 0 Å². The second-order valence-electron chi connectivity index (χ2n) is 11.4. The molecule has 4 rings (SSSR count). The normalized spacial score (nSPS) is 17.6. The van der Waals surface area contributed by atoms with E-state index >= 15 is 0 Å². The Balaban J connectivity index is 0.000000381. The second kappa shape index (κ2) is 21.0. The first kappa shape index (κ1) is 38.3. The van der Waals surface area contributed by atoms with Crippen molar-refractivity contribution in [2.24, 2.45) is 0 Å². The van der Waals surface area contributed by atoms with Gasteiger partial charge in [-0.15, -0.1) is 24.8 Å². The van der Waals surface area contributed by atoms with E-state index in [4.69, 9.17) is 0 Å². The largest absolute Gasteiger partial charge is 0.147 e. The predicted molar refractivity (Wildman–Crippen MR) is 176 cm³/mol. The number of allylic oxidation sites excluding steroid dienone is 16. The summed E-state index contributed by atoms with van der Waals surface area (Å²) in [7, 11) is 0. The third-order valence-corrected chi connectivity index (χ3v) is 17.0. The molecule has 4 aliphatic carbocycles. The van der Waals surface area contributed by atoms with Crippen LogP contribution in [0.1, 0.15) is 131 Å². The molecule has 0 radical (unpaired) electrons. The molecule has 0 amide bonds. The van der Waals surface area contributed by atoms with Gasteiger partial charge in [-0.1, -0.05) is 0 Å². The maximum Gasteiger partial charge on any atom is -0.147 e. The van der Waals surface area contributed by atoms with Crippen molar-refractivity contribution >= 4 is 24.8 Å². The van der Waals surface area contributed by atoms with E-state index in [0.717, 1.165) is 0 Å². The summed E-state index contributed by atoms with van der Waals surface area (Å²) >= 11 is -1.03. The Hall–Kier alpha value is 0.266. The molecule has 0 spiro atoms. The van der Waals surface area contributed by atoms with E-state index in [0.29, 0.717) is 0 Å². The van der Waals surface area contributed by atoms with Gasteiger partial charge in [0.1, 0.15) is 0 Å². The Morgan fingerprint density at radius 3 is 1.35 bits per heavy atom. The fourth-order valence-electron chi connectivity index (χ4n) is 5.75. The van der Waals surface area contributed by atoms with Crippen molar-refractivity contribution in [3.05, 3.63) is 83.0 Å². The van der Waals surface area contributed by atoms with Gasteiger partial charge in [-0.25, -0.2) is 0 Å². The Morgan fingerprint density at radius 1 is 0.550 bits per heavy atom. The molecule has 220 valence electrons. The Labute approximate surface area is 283 Å². The summed E-state index contributed by atoms with van der Waals surface area (Å²) in [5.41, 5.74) is 10.2. The summed E-state index contributed by atoms with van der Waals surface area (Å²) in [6.07, 6.45) is 32.8. The molecule has 0 saturated carbocycles. The molecule has 0 atom stereocenters. The van der Waals surface area contributed by atoms with Gasteiger partial charge in [-0.05, 0) is 0 Å². The van der Waals surface area contributed by atoms with Crippen LogP contribution in [0.4, 0.5) is 0 Å². The summed E-state index contributed by atoms with van der Waals surface area (Å²) in [6, 6.07) is 0. The molecular weight excluding hydrogens is 686 g/mol. The fourth-order valence-corrected chi connectivity index (χ4v) is 13.6. The summed E-state index contributed by atoms with van der Waals surface area (Å²) in [6.45, 7) is 13.9. The molecule has 0 bridgehead atoms. The van der Waals surface area contributed by atoms with Gasteiger partial charge in [0.15, 0.2) is 0 Å². The first-order chi connectivity index (χ1) is 18.5. The van der Waals surface area contributed by atoms with E-state index in [1.54, 1.807) is 33.4 Å². The molecule has 0 aromatic heterocycles. The topological polar surface area (TPSA) is 0 Å². The van der Waals surface area contributed by atoms with Crippen LogP contribution in [0.5, 0.6) is 0 Å². The van der Waals surface area contributed by atoms with Gasteiger partial charge in [0.2, 0.25) is 0 Å². The maximum absolute atomic E-state index is 2.50. The van der Waals surface area contributed by atoms with Crippen molar-refractivity contribution in [1.29, 1.82) is 0 Å². The van der Waals surface area contributed by atoms with E-state index in [2.05, 4.69) is 78.0 Å². The third-order valence-electron chi connectivity index (χ3n) is 8.05. The Morgan fingerprint density at radius 2 is 0.975 bits per heavy atom. The van der Waals surface area contributed by atoms with Crippen LogP contribution < -0.4 is 0 Å². The van der Waals surface area contributed by atoms with Gasteiger partial charge in [-0.3, -0.25) is 0 Å². The zero-order chi connectivity index (χ0) is 27.3. The second-order valence-corrected chi connectivity index (χ2v) is 18.0. The SMILES string of the molecule is CCCC1=CCC(C)=[C]1[Zr][C]1=C(C)CC=C1CCC.CCCCC1=[C]([Zr][C]2=C(CCCC)C=CC2)CC=C1.Cl.Cl. The number of halogens is 2. The van der Waals surface area contributed by atoms with Crippen molar-refractivity contribution < 1.29 is 46.5 Å². The minimum Gasteiger partial charge on any atom is -0.147 e. The van der Waals surface area contributed by atoms with Gasteiger partial charge >= 0.3 is 261 Å². The predicted octanol–water partition coefficient (Wildman–Crippen LogP) is 12.6. The molecule has 0 aromatic carbocycles. The molecule has 0 nitrogen and oxygen atoms in total. The van der Waals surface area contributed by atoms with E-state index < -0.39 is 46.5 Å². The molecular formula is C36H54Cl2Zr2. The van der Waals surface area contributed by atoms with Crippen LogP contribution in [-0.4, -0.2) is 0 Å². The number of hydrogen-bond donors (Lipinski definition) is 0. The van der Waals surface area contributed by atoms with Crippen LogP contribution >= 0.6 is 24.8 Å². The van der Waals surface area contributed by atoms with Gasteiger partial charge in [-0.2, -0.15) is 0 Å². The third kappa shape index (κ3) is 11.4. The first-order valence-corrected chi connectivity index (χ1v) is 20.5. The molecule has 0 fully saturated rings. The van der Waals surface area contributed by atoms with Gasteiger partial charge in [0.25, 0.3) is 0 Å². The molecule has 0 unspecified atom stereocenters. The smallest absolute Gasteiger partial charge is 0.147 e. The van der Waals surface area contributed by atoms with E-state index in [-0.39, 0.29) is 24.8 Å². The van der Waals surface area contributed by atoms with Crippen molar-refractivity contribution in [3.8, 4) is 0 Å². The number of unbranched alkanes of at least 4 members (excludes halogenated alkanes) is 2. The average Bonchev–Trinajstić information content (AvgIpc) is 3.70. The molecule has 40 heavy (non-hydrogen) atoms. The minimum absolute atomic E-state index is 0. The molecule has 4 aliphatic rings. The monoisotopic (exact) mass is 736 g/mol. The van der Waals surface area contributed by atoms with Crippen LogP contribution in [0.3, 0.4) is 0 Å². The van der Waals surface area contributed by atoms with E-state index in [1.165, 1.54) is 89.9 Å². The first-order valence-electron chi connectivity index (χ1n) is 15.6. The molecule has 4 heteroatoms. The van der Waals surface area contributed by atoms with Crippen molar-refractivity contribution in [2.75, 3.05) is 0 Å². The van der Waals surface area contributed by atoms with E-state index in [1.807, 2.05) is 13.1 Å². The maximum atomic E-state index is 2.50. The minimum atomic E-state index is -0.565. The fraction of sp³-hybridized carbons (Fsp3) is 0.556. The molecule has 0 saturated heterocycles. The summed E-state index contributed by atoms with van der Waals surface area (Å²) in [5, 5.41) is 0. The van der Waals surface area contributed by atoms with Crippen LogP contribution in [0.25, 0.3) is 0 Å². The zero-order valence-corrected chi connectivity index (χ0v) is 32.7. The Kier molecular flexibility index (Phi) is 20.1. The summed E-state index contributed by atoms with van der Waals surface area (Å²) in [5.74, 6) is 0. The van der Waals surface area contributed by atoms with Crippen LogP contribution in [0.2, 0.25) is 0 Å². The van der Waals surface area contributed by atoms with Crippen LogP contribution in [-0.2, 0) is 46.5 Å². The summed E-state index contributed by atoms with van der Waals surface area (Å²) in [4.78, 5) is 0. The Bertz CT molecular complexity index is 992. The molecule has 0 heterocycles. The number of rotatable bonds is 14. The summed E-state index contributed by atoms with van der Waals surface area (Å²) < 4.78 is 7.38. The standard InChI is InChI=1S/4C9H13.2ClH.2Zr/c2*1-3-4-9-6-5-8(2)7-9;2*1-2-3-6-9-7-4-5-8-9;;;;/h2*6H,3-5H2,1-2H3;2*4,7H,2-3,5-6H2,1H3;2*1H;;. The van der Waals surface area contributed by atoms with Crippen molar-refractivity contribution in [1.82, 2.24) is 0 Å². The van der Waals surface area contributed by atoms with Gasteiger partial charge < -0.3 is 0 Å². The van der Waals surface area contributed by atoms with Gasteiger partial charge in [0, 0.05) is 0 Å². The van der Waals surface area contributed by atoms with E-state index in [9.17, 15) is 0 Å². The van der Waals surface area contributed by atoms with Crippen LogP contribution in [0, 0.1) is 0 Å². The molecule has 0 N–H and O–H groups in total. The average molecular weight is 740 g/mol. The van der Waals surface area contributed by atoms with Crippen molar-refractivity contribution in [2.45, 2.75) is 131 Å². The molecule has 0 aromatic rings. The number of hydrogen-bond acceptors (Lipinski definition) is 0.